The zero-order chi connectivity index (χ0) is 6.69. The summed E-state index contributed by atoms with van der Waals surface area (Å²) in [5.41, 5.74) is 5.35. The Bertz CT molecular complexity index is 201. The molecule has 0 radical (unpaired) electrons. The van der Waals surface area contributed by atoms with Crippen LogP contribution < -0.4 is 10.5 Å². The molecule has 0 atom stereocenters. The lowest BCUT2D eigenvalue weighted by molar-refractivity contribution is 0.413. The maximum atomic E-state index is 5.35. The van der Waals surface area contributed by atoms with Crippen LogP contribution in [0.4, 0.5) is 5.82 Å². The van der Waals surface area contributed by atoms with Gasteiger partial charge in [0.2, 0.25) is 0 Å². The van der Waals surface area contributed by atoms with Crippen molar-refractivity contribution in [3.63, 3.8) is 0 Å². The van der Waals surface area contributed by atoms with Gasteiger partial charge in [0.25, 0.3) is 0 Å². The Labute approximate surface area is 52.7 Å². The van der Waals surface area contributed by atoms with Gasteiger partial charge in [-0.2, -0.15) is 0 Å². The van der Waals surface area contributed by atoms with Crippen LogP contribution in [0.5, 0.6) is 5.75 Å². The highest BCUT2D eigenvalue weighted by molar-refractivity contribution is 5.42. The van der Waals surface area contributed by atoms with Gasteiger partial charge in [0, 0.05) is 0 Å². The van der Waals surface area contributed by atoms with Crippen LogP contribution >= 0.6 is 0 Å². The fraction of sp³-hybridized carbons (Fsp3) is 0.200. The van der Waals surface area contributed by atoms with Crippen LogP contribution in [0.15, 0.2) is 12.5 Å². The molecule has 48 valence electrons. The molecule has 0 unspecified atom stereocenters. The summed E-state index contributed by atoms with van der Waals surface area (Å²) in [7, 11) is 1.52. The van der Waals surface area contributed by atoms with Gasteiger partial charge >= 0.3 is 0 Å². The molecule has 0 saturated carbocycles. The summed E-state index contributed by atoms with van der Waals surface area (Å²) in [6, 6.07) is 0. The van der Waals surface area contributed by atoms with Crippen molar-refractivity contribution >= 4 is 5.82 Å². The van der Waals surface area contributed by atoms with Crippen molar-refractivity contribution in [2.75, 3.05) is 12.8 Å². The molecule has 0 aliphatic carbocycles. The van der Waals surface area contributed by atoms with Gasteiger partial charge in [-0.05, 0) is 0 Å². The summed E-state index contributed by atoms with van der Waals surface area (Å²) in [5, 5.41) is 0. The molecular formula is C5H7N3O. The van der Waals surface area contributed by atoms with E-state index in [4.69, 9.17) is 10.5 Å². The van der Waals surface area contributed by atoms with E-state index in [0.29, 0.717) is 11.6 Å². The van der Waals surface area contributed by atoms with E-state index >= 15 is 0 Å². The van der Waals surface area contributed by atoms with Gasteiger partial charge in [0.05, 0.1) is 13.3 Å². The number of ether oxygens (including phenoxy) is 1. The Kier molecular flexibility index (Phi) is 1.48. The number of nitrogen functional groups attached to an aromatic ring is 1. The van der Waals surface area contributed by atoms with Crippen molar-refractivity contribution in [2.45, 2.75) is 0 Å². The largest absolute Gasteiger partial charge is 0.491 e. The fourth-order valence-electron chi connectivity index (χ4n) is 0.484. The van der Waals surface area contributed by atoms with Crippen molar-refractivity contribution in [2.24, 2.45) is 0 Å². The number of aromatic nitrogens is 2. The molecule has 1 aromatic rings. The molecule has 0 fully saturated rings. The second-order valence-electron chi connectivity index (χ2n) is 1.48. The van der Waals surface area contributed by atoms with Crippen LogP contribution in [0, 0.1) is 0 Å². The van der Waals surface area contributed by atoms with Crippen molar-refractivity contribution in [1.82, 2.24) is 9.97 Å². The van der Waals surface area contributed by atoms with E-state index in [2.05, 4.69) is 9.97 Å². The second kappa shape index (κ2) is 2.30. The highest BCUT2D eigenvalue weighted by atomic mass is 16.5. The molecule has 1 rings (SSSR count). The van der Waals surface area contributed by atoms with E-state index in [1.165, 1.54) is 19.6 Å². The molecule has 1 aromatic heterocycles. The summed E-state index contributed by atoms with van der Waals surface area (Å²) >= 11 is 0. The first-order valence-corrected chi connectivity index (χ1v) is 2.44. The standard InChI is InChI=1S/C5H7N3O/c1-9-4-2-7-3-8-5(4)6/h2-3H,1H3,(H2,6,7,8). The zero-order valence-corrected chi connectivity index (χ0v) is 5.03. The number of hydrogen-bond acceptors (Lipinski definition) is 4. The Hall–Kier alpha value is -1.32. The van der Waals surface area contributed by atoms with E-state index in [9.17, 15) is 0 Å². The first-order valence-electron chi connectivity index (χ1n) is 2.44. The SMILES string of the molecule is COc1cncnc1N. The van der Waals surface area contributed by atoms with Gasteiger partial charge in [-0.25, -0.2) is 9.97 Å². The number of rotatable bonds is 1. The van der Waals surface area contributed by atoms with Crippen LogP contribution in [0.2, 0.25) is 0 Å². The normalized spacial score (nSPS) is 9.00. The minimum absolute atomic E-state index is 0.368. The number of hydrogen-bond donors (Lipinski definition) is 1. The maximum absolute atomic E-state index is 5.35. The van der Waals surface area contributed by atoms with Gasteiger partial charge in [0.1, 0.15) is 6.33 Å². The molecule has 0 aliphatic heterocycles. The van der Waals surface area contributed by atoms with Gasteiger partial charge in [0.15, 0.2) is 11.6 Å². The van der Waals surface area contributed by atoms with Crippen molar-refractivity contribution in [1.29, 1.82) is 0 Å². The molecule has 0 saturated heterocycles. The lowest BCUT2D eigenvalue weighted by atomic mass is 10.5. The average Bonchev–Trinajstić information content (AvgIpc) is 1.89. The van der Waals surface area contributed by atoms with Gasteiger partial charge in [-0.1, -0.05) is 0 Å². The quantitative estimate of drug-likeness (QED) is 0.576. The summed E-state index contributed by atoms with van der Waals surface area (Å²) in [6.07, 6.45) is 2.89. The molecule has 2 N–H and O–H groups in total. The zero-order valence-electron chi connectivity index (χ0n) is 5.03. The summed E-state index contributed by atoms with van der Waals surface area (Å²) in [4.78, 5) is 7.39. The summed E-state index contributed by atoms with van der Waals surface area (Å²) in [5.74, 6) is 0.880. The predicted octanol–water partition coefficient (Wildman–Crippen LogP) is 0.0674. The average molecular weight is 125 g/mol. The lowest BCUT2D eigenvalue weighted by Gasteiger charge is -1.98. The van der Waals surface area contributed by atoms with Crippen LogP contribution in [0.25, 0.3) is 0 Å². The van der Waals surface area contributed by atoms with Gasteiger partial charge in [-0.15, -0.1) is 0 Å². The molecular weight excluding hydrogens is 118 g/mol. The smallest absolute Gasteiger partial charge is 0.179 e. The highest BCUT2D eigenvalue weighted by Gasteiger charge is 1.94. The molecule has 0 spiro atoms. The molecule has 4 nitrogen and oxygen atoms in total. The Morgan fingerprint density at radius 1 is 1.67 bits per heavy atom. The molecule has 0 aromatic carbocycles. The second-order valence-corrected chi connectivity index (χ2v) is 1.48. The minimum atomic E-state index is 0.368. The molecule has 1 heterocycles. The van der Waals surface area contributed by atoms with Crippen LogP contribution in [-0.2, 0) is 0 Å². The third-order valence-corrected chi connectivity index (χ3v) is 0.928. The summed E-state index contributed by atoms with van der Waals surface area (Å²) < 4.78 is 4.79. The maximum Gasteiger partial charge on any atom is 0.179 e. The highest BCUT2D eigenvalue weighted by Crippen LogP contribution is 2.13. The number of anilines is 1. The number of nitrogens with zero attached hydrogens (tertiary/aromatic N) is 2. The Morgan fingerprint density at radius 3 is 2.89 bits per heavy atom. The van der Waals surface area contributed by atoms with Crippen LogP contribution in [0.1, 0.15) is 0 Å². The number of methoxy groups -OCH3 is 1. The van der Waals surface area contributed by atoms with Crippen molar-refractivity contribution < 1.29 is 4.74 Å². The molecule has 0 bridgehead atoms. The van der Waals surface area contributed by atoms with E-state index in [-0.39, 0.29) is 0 Å². The van der Waals surface area contributed by atoms with E-state index < -0.39 is 0 Å². The van der Waals surface area contributed by atoms with Crippen molar-refractivity contribution in [3.05, 3.63) is 12.5 Å². The Balaban J connectivity index is 3.01. The van der Waals surface area contributed by atoms with E-state index in [1.54, 1.807) is 0 Å². The first-order chi connectivity index (χ1) is 4.34. The molecule has 0 aliphatic rings. The molecule has 0 amide bonds. The fourth-order valence-corrected chi connectivity index (χ4v) is 0.484. The molecule has 4 heteroatoms. The first kappa shape index (κ1) is 5.81. The van der Waals surface area contributed by atoms with E-state index in [1.807, 2.05) is 0 Å². The van der Waals surface area contributed by atoms with Gasteiger partial charge < -0.3 is 10.5 Å². The molecule has 9 heavy (non-hydrogen) atoms. The van der Waals surface area contributed by atoms with E-state index in [0.717, 1.165) is 0 Å². The number of nitrogens with two attached hydrogens (primary N) is 1. The minimum Gasteiger partial charge on any atom is -0.491 e. The Morgan fingerprint density at radius 2 is 2.44 bits per heavy atom. The topological polar surface area (TPSA) is 61.0 Å². The van der Waals surface area contributed by atoms with Crippen LogP contribution in [0.3, 0.4) is 0 Å². The monoisotopic (exact) mass is 125 g/mol. The lowest BCUT2D eigenvalue weighted by Crippen LogP contribution is -1.95. The van der Waals surface area contributed by atoms with Crippen molar-refractivity contribution in [3.8, 4) is 5.75 Å². The third-order valence-electron chi connectivity index (χ3n) is 0.928. The third kappa shape index (κ3) is 1.07. The predicted molar refractivity (Wildman–Crippen MR) is 33.0 cm³/mol. The van der Waals surface area contributed by atoms with Crippen LogP contribution in [-0.4, -0.2) is 17.1 Å². The summed E-state index contributed by atoms with van der Waals surface area (Å²) in [6.45, 7) is 0. The van der Waals surface area contributed by atoms with Gasteiger partial charge in [-0.3, -0.25) is 0 Å².